The average molecular weight is 372 g/mol. The van der Waals surface area contributed by atoms with Crippen LogP contribution in [0.2, 0.25) is 0 Å². The molecular formula is C21H29N3OS. The lowest BCUT2D eigenvalue weighted by molar-refractivity contribution is 0.263. The van der Waals surface area contributed by atoms with Crippen molar-refractivity contribution >= 4 is 22.7 Å². The Labute approximate surface area is 160 Å². The second-order valence-corrected chi connectivity index (χ2v) is 7.85. The Kier molecular flexibility index (Phi) is 6.33. The van der Waals surface area contributed by atoms with Crippen molar-refractivity contribution in [3.8, 4) is 5.75 Å². The van der Waals surface area contributed by atoms with E-state index in [2.05, 4.69) is 59.6 Å². The predicted molar refractivity (Wildman–Crippen MR) is 111 cm³/mol. The maximum Gasteiger partial charge on any atom is 0.125 e. The predicted octanol–water partition coefficient (Wildman–Crippen LogP) is 4.98. The summed E-state index contributed by atoms with van der Waals surface area (Å²) in [4.78, 5) is 6.57. The fourth-order valence-corrected chi connectivity index (χ4v) is 4.22. The molecular weight excluding hydrogens is 342 g/mol. The molecule has 0 fully saturated rings. The molecule has 0 bridgehead atoms. The Morgan fingerprint density at radius 1 is 1.27 bits per heavy atom. The fraction of sp³-hybridized carbons (Fsp3) is 0.476. The van der Waals surface area contributed by atoms with Crippen LogP contribution in [0.1, 0.15) is 48.2 Å². The molecule has 0 saturated heterocycles. The van der Waals surface area contributed by atoms with Gasteiger partial charge in [0.05, 0.1) is 6.34 Å². The number of ether oxygens (including phenoxy) is 1. The van der Waals surface area contributed by atoms with Crippen LogP contribution < -0.4 is 10.1 Å². The summed E-state index contributed by atoms with van der Waals surface area (Å²) in [5.74, 6) is 1.03. The van der Waals surface area contributed by atoms with Crippen molar-refractivity contribution in [2.75, 3.05) is 20.2 Å². The van der Waals surface area contributed by atoms with Gasteiger partial charge in [0, 0.05) is 19.2 Å². The molecule has 0 spiro atoms. The Bertz CT molecular complexity index is 745. The molecule has 1 aliphatic rings. The van der Waals surface area contributed by atoms with Crippen LogP contribution in [-0.4, -0.2) is 31.4 Å². The maximum absolute atomic E-state index is 6.11. The molecule has 1 N–H and O–H groups in total. The van der Waals surface area contributed by atoms with E-state index < -0.39 is 0 Å². The normalized spacial score (nSPS) is 16.0. The van der Waals surface area contributed by atoms with Gasteiger partial charge in [-0.25, -0.2) is 4.99 Å². The number of nitrogens with one attached hydrogen (secondary N) is 1. The quantitative estimate of drug-likeness (QED) is 0.665. The van der Waals surface area contributed by atoms with Gasteiger partial charge in [-0.05, 0) is 54.8 Å². The first-order valence-corrected chi connectivity index (χ1v) is 10.3. The number of benzene rings is 1. The smallest absolute Gasteiger partial charge is 0.125 e. The molecule has 5 heteroatoms. The third-order valence-electron chi connectivity index (χ3n) is 4.76. The van der Waals surface area contributed by atoms with Crippen LogP contribution in [0.4, 0.5) is 5.00 Å². The number of thiophene rings is 1. The van der Waals surface area contributed by atoms with Gasteiger partial charge in [-0.1, -0.05) is 25.5 Å². The number of fused-ring (bicyclic) bond motifs is 1. The molecule has 1 aliphatic heterocycles. The first-order valence-electron chi connectivity index (χ1n) is 9.40. The highest BCUT2D eigenvalue weighted by Gasteiger charge is 2.22. The molecule has 1 atom stereocenters. The van der Waals surface area contributed by atoms with E-state index in [-0.39, 0.29) is 6.17 Å². The first-order chi connectivity index (χ1) is 12.6. The molecule has 0 radical (unpaired) electrons. The van der Waals surface area contributed by atoms with Gasteiger partial charge in [0.2, 0.25) is 0 Å². The SMILES string of the molecule is CCCCc1cc(C)c(OCCNC2c3ccsc3N=CN2C)c(C)c1. The van der Waals surface area contributed by atoms with Gasteiger partial charge < -0.3 is 9.64 Å². The maximum atomic E-state index is 6.11. The van der Waals surface area contributed by atoms with Crippen LogP contribution in [0.3, 0.4) is 0 Å². The molecule has 140 valence electrons. The monoisotopic (exact) mass is 371 g/mol. The third-order valence-corrected chi connectivity index (χ3v) is 5.60. The summed E-state index contributed by atoms with van der Waals surface area (Å²) in [5, 5.41) is 6.77. The summed E-state index contributed by atoms with van der Waals surface area (Å²) < 4.78 is 6.11. The Balaban J connectivity index is 1.55. The van der Waals surface area contributed by atoms with Crippen molar-refractivity contribution < 1.29 is 4.74 Å². The zero-order chi connectivity index (χ0) is 18.5. The lowest BCUT2D eigenvalue weighted by atomic mass is 10.0. The zero-order valence-corrected chi connectivity index (χ0v) is 17.0. The summed E-state index contributed by atoms with van der Waals surface area (Å²) in [5.41, 5.74) is 5.13. The summed E-state index contributed by atoms with van der Waals surface area (Å²) in [7, 11) is 2.05. The largest absolute Gasteiger partial charge is 0.492 e. The number of nitrogens with zero attached hydrogens (tertiary/aromatic N) is 2. The van der Waals surface area contributed by atoms with E-state index in [1.807, 2.05) is 13.4 Å². The standard InChI is InChI=1S/C21H29N3OS/c1-5-6-7-17-12-15(2)19(16(3)13-17)25-10-9-22-20-18-8-11-26-21(18)23-14-24(20)4/h8,11-14,20,22H,5-7,9-10H2,1-4H3. The molecule has 2 aromatic rings. The van der Waals surface area contributed by atoms with Crippen LogP contribution in [-0.2, 0) is 6.42 Å². The number of aliphatic imine (C=N–C) groups is 1. The van der Waals surface area contributed by atoms with Gasteiger partial charge in [0.15, 0.2) is 0 Å². The summed E-state index contributed by atoms with van der Waals surface area (Å²) >= 11 is 1.68. The molecule has 0 aliphatic carbocycles. The van der Waals surface area contributed by atoms with Gasteiger partial charge in [-0.2, -0.15) is 0 Å². The highest BCUT2D eigenvalue weighted by Crippen LogP contribution is 2.35. The van der Waals surface area contributed by atoms with Crippen molar-refractivity contribution in [2.24, 2.45) is 4.99 Å². The number of aryl methyl sites for hydroxylation is 3. The van der Waals surface area contributed by atoms with Crippen LogP contribution in [0.15, 0.2) is 28.6 Å². The number of rotatable bonds is 8. The van der Waals surface area contributed by atoms with Gasteiger partial charge in [0.1, 0.15) is 23.5 Å². The molecule has 1 aromatic carbocycles. The van der Waals surface area contributed by atoms with Crippen molar-refractivity contribution in [3.63, 3.8) is 0 Å². The van der Waals surface area contributed by atoms with E-state index in [0.717, 1.165) is 23.7 Å². The van der Waals surface area contributed by atoms with E-state index in [9.17, 15) is 0 Å². The number of unbranched alkanes of at least 4 members (excludes halogenated alkanes) is 1. The second kappa shape index (κ2) is 8.69. The average Bonchev–Trinajstić information content (AvgIpc) is 3.09. The molecule has 3 rings (SSSR count). The van der Waals surface area contributed by atoms with Gasteiger partial charge in [0.25, 0.3) is 0 Å². The zero-order valence-electron chi connectivity index (χ0n) is 16.2. The van der Waals surface area contributed by atoms with E-state index >= 15 is 0 Å². The van der Waals surface area contributed by atoms with Gasteiger partial charge >= 0.3 is 0 Å². The second-order valence-electron chi connectivity index (χ2n) is 6.96. The topological polar surface area (TPSA) is 36.9 Å². The molecule has 0 saturated carbocycles. The van der Waals surface area contributed by atoms with Crippen LogP contribution >= 0.6 is 11.3 Å². The minimum Gasteiger partial charge on any atom is -0.492 e. The molecule has 2 heterocycles. The molecule has 26 heavy (non-hydrogen) atoms. The molecule has 0 amide bonds. The van der Waals surface area contributed by atoms with Crippen LogP contribution in [0.5, 0.6) is 5.75 Å². The van der Waals surface area contributed by atoms with Crippen molar-refractivity contribution in [1.29, 1.82) is 0 Å². The Morgan fingerprint density at radius 3 is 2.77 bits per heavy atom. The van der Waals surface area contributed by atoms with E-state index in [4.69, 9.17) is 4.74 Å². The Morgan fingerprint density at radius 2 is 2.04 bits per heavy atom. The third kappa shape index (κ3) is 4.27. The Hall–Kier alpha value is -1.85. The van der Waals surface area contributed by atoms with Crippen molar-refractivity contribution in [2.45, 2.75) is 46.2 Å². The molecule has 4 nitrogen and oxygen atoms in total. The number of hydrogen-bond acceptors (Lipinski definition) is 5. The van der Waals surface area contributed by atoms with Crippen molar-refractivity contribution in [3.05, 3.63) is 45.8 Å². The minimum atomic E-state index is 0.163. The lowest BCUT2D eigenvalue weighted by Gasteiger charge is -2.30. The van der Waals surface area contributed by atoms with Gasteiger partial charge in [-0.3, -0.25) is 5.32 Å². The summed E-state index contributed by atoms with van der Waals surface area (Å²) in [6, 6.07) is 6.69. The molecule has 1 unspecified atom stereocenters. The number of hydrogen-bond donors (Lipinski definition) is 1. The first kappa shape index (κ1) is 18.9. The van der Waals surface area contributed by atoms with Gasteiger partial charge in [-0.15, -0.1) is 11.3 Å². The summed E-state index contributed by atoms with van der Waals surface area (Å²) in [6.45, 7) is 7.97. The van der Waals surface area contributed by atoms with Crippen LogP contribution in [0.25, 0.3) is 0 Å². The van der Waals surface area contributed by atoms with E-state index in [0.29, 0.717) is 6.61 Å². The minimum absolute atomic E-state index is 0.163. The highest BCUT2D eigenvalue weighted by molar-refractivity contribution is 7.14. The fourth-order valence-electron chi connectivity index (χ4n) is 3.45. The highest BCUT2D eigenvalue weighted by atomic mass is 32.1. The lowest BCUT2D eigenvalue weighted by Crippen LogP contribution is -2.38. The van der Waals surface area contributed by atoms with E-state index in [1.54, 1.807) is 11.3 Å². The van der Waals surface area contributed by atoms with Crippen LogP contribution in [0, 0.1) is 13.8 Å². The summed E-state index contributed by atoms with van der Waals surface area (Å²) in [6.07, 6.45) is 5.68. The molecule has 1 aromatic heterocycles. The van der Waals surface area contributed by atoms with Crippen molar-refractivity contribution in [1.82, 2.24) is 10.2 Å². The van der Waals surface area contributed by atoms with E-state index in [1.165, 1.54) is 35.1 Å².